The van der Waals surface area contributed by atoms with E-state index in [0.717, 1.165) is 17.3 Å². The van der Waals surface area contributed by atoms with Gasteiger partial charge in [0.15, 0.2) is 16.6 Å². The number of amides is 1. The number of carbonyl (C=O) groups is 3. The number of benzene rings is 1. The molecule has 0 unspecified atom stereocenters. The number of thioether (sulfide) groups is 1. The minimum absolute atomic E-state index is 0.0644. The van der Waals surface area contributed by atoms with Crippen molar-refractivity contribution in [2.45, 2.75) is 38.3 Å². The maximum Gasteiger partial charge on any atom is 0.326 e. The zero-order valence-electron chi connectivity index (χ0n) is 15.1. The van der Waals surface area contributed by atoms with Gasteiger partial charge in [0.1, 0.15) is 6.04 Å². The fourth-order valence-electron chi connectivity index (χ4n) is 3.20. The third-order valence-electron chi connectivity index (χ3n) is 4.37. The monoisotopic (exact) mass is 381 g/mol. The lowest BCUT2D eigenvalue weighted by molar-refractivity contribution is -0.149. The van der Waals surface area contributed by atoms with Crippen LogP contribution in [0.2, 0.25) is 0 Å². The number of likely N-dealkylation sites (tertiary alicyclic amines) is 1. The van der Waals surface area contributed by atoms with E-state index in [2.05, 4.69) is 0 Å². The second kappa shape index (κ2) is 8.93. The van der Waals surface area contributed by atoms with Crippen LogP contribution in [0.15, 0.2) is 18.2 Å². The second-order valence-electron chi connectivity index (χ2n) is 5.95. The van der Waals surface area contributed by atoms with E-state index in [0.29, 0.717) is 30.1 Å². The number of ether oxygens (including phenoxy) is 2. The third-order valence-corrected chi connectivity index (χ3v) is 5.19. The van der Waals surface area contributed by atoms with E-state index >= 15 is 0 Å². The summed E-state index contributed by atoms with van der Waals surface area (Å²) in [5.41, 5.74) is 0.805. The molecule has 1 fully saturated rings. The van der Waals surface area contributed by atoms with Gasteiger partial charge in [-0.3, -0.25) is 9.59 Å². The van der Waals surface area contributed by atoms with E-state index in [-0.39, 0.29) is 23.5 Å². The molecule has 0 radical (unpaired) electrons. The molecule has 1 aliphatic heterocycles. The standard InChI is InChI=1S/C18H23NO6S/c1-11(20)26-9-8-17(21)19-13(5-6-14(19)18(22)23)12-4-7-15(24-2)16(10-12)25-3/h4,7,10,13-14H,5-6,8-9H2,1-3H3,(H,22,23)/t13-,14+/m1/s1. The SMILES string of the molecule is COc1ccc([C@H]2CC[C@@H](C(=O)O)N2C(=O)CCSC(C)=O)cc1OC. The van der Waals surface area contributed by atoms with Gasteiger partial charge in [0.05, 0.1) is 20.3 Å². The summed E-state index contributed by atoms with van der Waals surface area (Å²) in [6, 6.07) is 4.14. The van der Waals surface area contributed by atoms with Crippen molar-refractivity contribution in [2.24, 2.45) is 0 Å². The molecular weight excluding hydrogens is 358 g/mol. The number of hydrogen-bond donors (Lipinski definition) is 1. The van der Waals surface area contributed by atoms with Gasteiger partial charge in [0.25, 0.3) is 0 Å². The van der Waals surface area contributed by atoms with Gasteiger partial charge in [-0.05, 0) is 30.5 Å². The fourth-order valence-corrected chi connectivity index (χ4v) is 3.76. The molecule has 0 bridgehead atoms. The molecule has 1 heterocycles. The highest BCUT2D eigenvalue weighted by Crippen LogP contribution is 2.40. The summed E-state index contributed by atoms with van der Waals surface area (Å²) in [5, 5.41) is 9.43. The normalized spacial score (nSPS) is 19.3. The van der Waals surface area contributed by atoms with E-state index in [1.807, 2.05) is 6.07 Å². The number of carbonyl (C=O) groups excluding carboxylic acids is 2. The number of carboxylic acid groups (broad SMARTS) is 1. The zero-order valence-corrected chi connectivity index (χ0v) is 15.9. The summed E-state index contributed by atoms with van der Waals surface area (Å²) in [6.07, 6.45) is 1.07. The van der Waals surface area contributed by atoms with E-state index < -0.39 is 12.0 Å². The van der Waals surface area contributed by atoms with Crippen molar-refractivity contribution < 1.29 is 29.0 Å². The Morgan fingerprint density at radius 3 is 2.46 bits per heavy atom. The van der Waals surface area contributed by atoms with Crippen molar-refractivity contribution >= 4 is 28.8 Å². The smallest absolute Gasteiger partial charge is 0.326 e. The Kier molecular flexibility index (Phi) is 6.90. The molecule has 0 saturated carbocycles. The molecule has 142 valence electrons. The first-order valence-corrected chi connectivity index (χ1v) is 9.26. The molecule has 0 aliphatic carbocycles. The average Bonchev–Trinajstić information content (AvgIpc) is 3.06. The Bertz CT molecular complexity index is 692. The van der Waals surface area contributed by atoms with Crippen molar-refractivity contribution in [1.29, 1.82) is 0 Å². The van der Waals surface area contributed by atoms with Crippen LogP contribution in [-0.4, -0.2) is 53.0 Å². The largest absolute Gasteiger partial charge is 0.493 e. The molecule has 1 aromatic rings. The van der Waals surface area contributed by atoms with Crippen molar-refractivity contribution in [3.8, 4) is 11.5 Å². The number of rotatable bonds is 7. The predicted molar refractivity (Wildman–Crippen MR) is 97.5 cm³/mol. The molecule has 1 amide bonds. The summed E-state index contributed by atoms with van der Waals surface area (Å²) < 4.78 is 10.5. The molecule has 2 rings (SSSR count). The van der Waals surface area contributed by atoms with Crippen LogP contribution in [0, 0.1) is 0 Å². The lowest BCUT2D eigenvalue weighted by atomic mass is 10.0. The van der Waals surface area contributed by atoms with Crippen LogP contribution in [0.25, 0.3) is 0 Å². The van der Waals surface area contributed by atoms with Crippen LogP contribution in [0.5, 0.6) is 11.5 Å². The van der Waals surface area contributed by atoms with Crippen LogP contribution >= 0.6 is 11.8 Å². The number of hydrogen-bond acceptors (Lipinski definition) is 6. The zero-order chi connectivity index (χ0) is 19.3. The summed E-state index contributed by atoms with van der Waals surface area (Å²) in [6.45, 7) is 1.44. The minimum atomic E-state index is -1.01. The molecule has 8 heteroatoms. The van der Waals surface area contributed by atoms with Gasteiger partial charge in [-0.25, -0.2) is 4.79 Å². The highest BCUT2D eigenvalue weighted by Gasteiger charge is 2.41. The van der Waals surface area contributed by atoms with E-state index in [9.17, 15) is 19.5 Å². The van der Waals surface area contributed by atoms with Crippen LogP contribution < -0.4 is 9.47 Å². The van der Waals surface area contributed by atoms with E-state index in [1.165, 1.54) is 26.0 Å². The third kappa shape index (κ3) is 4.49. The lowest BCUT2D eigenvalue weighted by Gasteiger charge is -2.29. The fraction of sp³-hybridized carbons (Fsp3) is 0.500. The Morgan fingerprint density at radius 2 is 1.88 bits per heavy atom. The Morgan fingerprint density at radius 1 is 1.19 bits per heavy atom. The van der Waals surface area contributed by atoms with Crippen LogP contribution in [-0.2, 0) is 14.4 Å². The average molecular weight is 381 g/mol. The van der Waals surface area contributed by atoms with Crippen molar-refractivity contribution in [2.75, 3.05) is 20.0 Å². The highest BCUT2D eigenvalue weighted by atomic mass is 32.2. The van der Waals surface area contributed by atoms with Crippen LogP contribution in [0.1, 0.15) is 37.8 Å². The summed E-state index contributed by atoms with van der Waals surface area (Å²) in [7, 11) is 3.06. The van der Waals surface area contributed by atoms with Crippen molar-refractivity contribution in [3.05, 3.63) is 23.8 Å². The maximum absolute atomic E-state index is 12.7. The molecule has 1 N–H and O–H groups in total. The van der Waals surface area contributed by atoms with Crippen molar-refractivity contribution in [1.82, 2.24) is 4.90 Å². The van der Waals surface area contributed by atoms with Gasteiger partial charge in [-0.2, -0.15) is 0 Å². The molecule has 1 saturated heterocycles. The van der Waals surface area contributed by atoms with Crippen molar-refractivity contribution in [3.63, 3.8) is 0 Å². The van der Waals surface area contributed by atoms with Gasteiger partial charge in [0.2, 0.25) is 5.91 Å². The number of nitrogens with zero attached hydrogens (tertiary/aromatic N) is 1. The first-order chi connectivity index (χ1) is 12.4. The Balaban J connectivity index is 2.26. The predicted octanol–water partition coefficient (Wildman–Crippen LogP) is 2.49. The molecular formula is C18H23NO6S. The summed E-state index contributed by atoms with van der Waals surface area (Å²) in [4.78, 5) is 36.8. The molecule has 1 aromatic carbocycles. The lowest BCUT2D eigenvalue weighted by Crippen LogP contribution is -2.42. The van der Waals surface area contributed by atoms with E-state index in [4.69, 9.17) is 9.47 Å². The van der Waals surface area contributed by atoms with Gasteiger partial charge in [-0.1, -0.05) is 17.8 Å². The first kappa shape index (κ1) is 20.1. The molecule has 1 aliphatic rings. The second-order valence-corrected chi connectivity index (χ2v) is 7.22. The van der Waals surface area contributed by atoms with Gasteiger partial charge in [-0.15, -0.1) is 0 Å². The molecule has 0 spiro atoms. The first-order valence-electron chi connectivity index (χ1n) is 8.28. The number of methoxy groups -OCH3 is 2. The highest BCUT2D eigenvalue weighted by molar-refractivity contribution is 8.13. The van der Waals surface area contributed by atoms with Gasteiger partial charge in [0, 0.05) is 19.1 Å². The Hall–Kier alpha value is -2.22. The topological polar surface area (TPSA) is 93.1 Å². The maximum atomic E-state index is 12.7. The molecule has 2 atom stereocenters. The molecule has 0 aromatic heterocycles. The van der Waals surface area contributed by atoms with Gasteiger partial charge >= 0.3 is 5.97 Å². The van der Waals surface area contributed by atoms with Gasteiger partial charge < -0.3 is 19.5 Å². The molecule has 7 nitrogen and oxygen atoms in total. The summed E-state index contributed by atoms with van der Waals surface area (Å²) in [5.74, 6) is 0.169. The van der Waals surface area contributed by atoms with Crippen LogP contribution in [0.3, 0.4) is 0 Å². The number of carboxylic acids is 1. The van der Waals surface area contributed by atoms with E-state index in [1.54, 1.807) is 12.1 Å². The quantitative estimate of drug-likeness (QED) is 0.775. The molecule has 26 heavy (non-hydrogen) atoms. The number of aliphatic carboxylic acids is 1. The minimum Gasteiger partial charge on any atom is -0.493 e. The summed E-state index contributed by atoms with van der Waals surface area (Å²) >= 11 is 1.07. The van der Waals surface area contributed by atoms with Crippen LogP contribution in [0.4, 0.5) is 0 Å². The Labute approximate surface area is 156 Å².